The van der Waals surface area contributed by atoms with Gasteiger partial charge >= 0.3 is 0 Å². The Balaban J connectivity index is 1.22. The number of Topliss-reactive ketones (excluding diaryl/α,β-unsaturated/α-hetero) is 1. The van der Waals surface area contributed by atoms with Crippen LogP contribution in [0.1, 0.15) is 49.7 Å². The molecule has 4 rings (SSSR count). The van der Waals surface area contributed by atoms with E-state index < -0.39 is 0 Å². The summed E-state index contributed by atoms with van der Waals surface area (Å²) >= 11 is 0. The highest BCUT2D eigenvalue weighted by Gasteiger charge is 2.27. The quantitative estimate of drug-likeness (QED) is 0.190. The van der Waals surface area contributed by atoms with E-state index in [1.54, 1.807) is 12.1 Å². The molecule has 0 aromatic heterocycles. The fraction of sp³-hybridized carbons (Fsp3) is 0.459. The maximum absolute atomic E-state index is 13.4. The topological polar surface area (TPSA) is 86.3 Å². The maximum atomic E-state index is 13.4. The van der Waals surface area contributed by atoms with Crippen molar-refractivity contribution in [1.29, 1.82) is 0 Å². The van der Waals surface area contributed by atoms with E-state index in [0.29, 0.717) is 42.6 Å². The molecule has 1 N–H and O–H groups in total. The summed E-state index contributed by atoms with van der Waals surface area (Å²) in [6.45, 7) is 1.65. The number of likely N-dealkylation sites (tertiary alicyclic amines) is 1. The fourth-order valence-corrected chi connectivity index (χ4v) is 5.95. The lowest BCUT2D eigenvalue weighted by molar-refractivity contribution is -0.127. The van der Waals surface area contributed by atoms with Gasteiger partial charge in [0.2, 0.25) is 11.7 Å². The normalized spacial score (nSPS) is 13.8. The summed E-state index contributed by atoms with van der Waals surface area (Å²) in [7, 11) is 4.61. The largest absolute Gasteiger partial charge is 0.493 e. The van der Waals surface area contributed by atoms with Crippen LogP contribution in [0.5, 0.6) is 23.0 Å². The molecule has 8 heteroatoms. The van der Waals surface area contributed by atoms with Crippen molar-refractivity contribution in [1.82, 2.24) is 10.2 Å². The van der Waals surface area contributed by atoms with Gasteiger partial charge in [-0.15, -0.1) is 0 Å². The third-order valence-electron chi connectivity index (χ3n) is 8.46. The van der Waals surface area contributed by atoms with Crippen LogP contribution in [0.3, 0.4) is 0 Å². The Labute approximate surface area is 268 Å². The molecule has 3 aromatic carbocycles. The number of rotatable bonds is 18. The van der Waals surface area contributed by atoms with E-state index >= 15 is 0 Å². The number of nitrogens with one attached hydrogen (secondary N) is 1. The Morgan fingerprint density at radius 3 is 1.82 bits per heavy atom. The number of methoxy groups -OCH3 is 3. The Hall–Kier alpha value is -4.04. The summed E-state index contributed by atoms with van der Waals surface area (Å²) in [6.07, 6.45) is 7.53. The number of carbonyl (C=O) groups excluding carboxylic acids is 2. The highest BCUT2D eigenvalue weighted by Crippen LogP contribution is 2.40. The van der Waals surface area contributed by atoms with E-state index in [1.807, 2.05) is 12.1 Å². The number of hydrogen-bond acceptors (Lipinski definition) is 7. The number of carbonyl (C=O) groups is 2. The van der Waals surface area contributed by atoms with Gasteiger partial charge in [0.1, 0.15) is 12.4 Å². The van der Waals surface area contributed by atoms with Crippen LogP contribution in [0.2, 0.25) is 0 Å². The summed E-state index contributed by atoms with van der Waals surface area (Å²) in [5.74, 6) is 1.97. The molecule has 0 bridgehead atoms. The van der Waals surface area contributed by atoms with Crippen LogP contribution in [-0.2, 0) is 22.4 Å². The molecule has 0 unspecified atom stereocenters. The molecular weight excluding hydrogens is 568 g/mol. The lowest BCUT2D eigenvalue weighted by atomic mass is 9.94. The first-order valence-corrected chi connectivity index (χ1v) is 16.0. The first-order chi connectivity index (χ1) is 22.0. The van der Waals surface area contributed by atoms with Crippen LogP contribution >= 0.6 is 0 Å². The third kappa shape index (κ3) is 10.8. The number of ether oxygens (including phenoxy) is 4. The summed E-state index contributed by atoms with van der Waals surface area (Å²) in [4.78, 5) is 28.2. The van der Waals surface area contributed by atoms with E-state index in [9.17, 15) is 9.59 Å². The second-order valence-corrected chi connectivity index (χ2v) is 11.7. The van der Waals surface area contributed by atoms with Crippen LogP contribution in [-0.4, -0.2) is 70.2 Å². The second kappa shape index (κ2) is 18.1. The molecule has 1 heterocycles. The zero-order valence-electron chi connectivity index (χ0n) is 27.0. The number of amides is 1. The van der Waals surface area contributed by atoms with Crippen molar-refractivity contribution in [2.75, 3.05) is 47.6 Å². The molecule has 1 aliphatic heterocycles. The van der Waals surface area contributed by atoms with Gasteiger partial charge in [-0.05, 0) is 75.6 Å². The van der Waals surface area contributed by atoms with Crippen molar-refractivity contribution in [3.05, 3.63) is 83.9 Å². The van der Waals surface area contributed by atoms with E-state index in [1.165, 1.54) is 32.5 Å². The number of benzene rings is 3. The van der Waals surface area contributed by atoms with Gasteiger partial charge in [0.25, 0.3) is 0 Å². The van der Waals surface area contributed by atoms with E-state index in [2.05, 4.69) is 58.7 Å². The Morgan fingerprint density at radius 1 is 0.800 bits per heavy atom. The fourth-order valence-electron chi connectivity index (χ4n) is 5.95. The van der Waals surface area contributed by atoms with Gasteiger partial charge in [-0.25, -0.2) is 0 Å². The van der Waals surface area contributed by atoms with E-state index in [0.717, 1.165) is 51.4 Å². The van der Waals surface area contributed by atoms with Crippen LogP contribution in [0, 0.1) is 5.92 Å². The summed E-state index contributed by atoms with van der Waals surface area (Å²) in [6, 6.07) is 24.6. The van der Waals surface area contributed by atoms with Gasteiger partial charge in [0.15, 0.2) is 17.3 Å². The summed E-state index contributed by atoms with van der Waals surface area (Å²) in [5, 5.41) is 3.41. The van der Waals surface area contributed by atoms with Crippen molar-refractivity contribution in [2.24, 2.45) is 5.92 Å². The van der Waals surface area contributed by atoms with E-state index in [4.69, 9.17) is 18.9 Å². The van der Waals surface area contributed by atoms with Crippen LogP contribution in [0.4, 0.5) is 0 Å². The molecule has 0 atom stereocenters. The molecule has 1 aliphatic rings. The average molecular weight is 617 g/mol. The zero-order valence-corrected chi connectivity index (χ0v) is 27.0. The lowest BCUT2D eigenvalue weighted by Gasteiger charge is -2.31. The molecule has 0 aliphatic carbocycles. The molecule has 3 aromatic rings. The minimum atomic E-state index is -0.0628. The highest BCUT2D eigenvalue weighted by molar-refractivity contribution is 5.82. The molecule has 45 heavy (non-hydrogen) atoms. The smallest absolute Gasteiger partial charge is 0.223 e. The van der Waals surface area contributed by atoms with Gasteiger partial charge in [0, 0.05) is 24.1 Å². The van der Waals surface area contributed by atoms with Crippen LogP contribution < -0.4 is 24.3 Å². The number of aryl methyl sites for hydroxylation is 2. The Kier molecular flexibility index (Phi) is 13.6. The Bertz CT molecular complexity index is 1250. The predicted molar refractivity (Wildman–Crippen MR) is 176 cm³/mol. The van der Waals surface area contributed by atoms with Crippen LogP contribution in [0.25, 0.3) is 0 Å². The SMILES string of the molecule is COc1cc(OCC(=O)CN2CCC(C(=O)NC(CCCc3ccccc3)CCCc3ccccc3)CC2)cc(OC)c1OC. The second-order valence-electron chi connectivity index (χ2n) is 11.7. The standard InChI is InChI=1S/C37H48N2O6/c1-42-34-24-33(25-35(43-2)36(34)44-3)45-27-32(40)26-39-22-20-30(21-23-39)37(41)38-31(18-10-16-28-12-6-4-7-13-28)19-11-17-29-14-8-5-9-15-29/h4-9,12-15,24-25,30-31H,10-11,16-23,26-27H2,1-3H3,(H,38,41). The van der Waals surface area contributed by atoms with E-state index in [-0.39, 0.29) is 30.3 Å². The molecule has 0 spiro atoms. The van der Waals surface area contributed by atoms with Crippen LogP contribution in [0.15, 0.2) is 72.8 Å². The first kappa shape index (κ1) is 33.8. The average Bonchev–Trinajstić information content (AvgIpc) is 3.08. The molecule has 1 amide bonds. The zero-order chi connectivity index (χ0) is 31.9. The number of hydrogen-bond donors (Lipinski definition) is 1. The predicted octanol–water partition coefficient (Wildman–Crippen LogP) is 5.90. The molecule has 8 nitrogen and oxygen atoms in total. The molecule has 1 fully saturated rings. The third-order valence-corrected chi connectivity index (χ3v) is 8.46. The van der Waals surface area contributed by atoms with Gasteiger partial charge in [0.05, 0.1) is 27.9 Å². The van der Waals surface area contributed by atoms with Gasteiger partial charge < -0.3 is 24.3 Å². The Morgan fingerprint density at radius 2 is 1.33 bits per heavy atom. The molecule has 1 saturated heterocycles. The molecule has 0 saturated carbocycles. The van der Waals surface area contributed by atoms with Gasteiger partial charge in [-0.3, -0.25) is 14.5 Å². The minimum absolute atomic E-state index is 0.0245. The number of nitrogens with zero attached hydrogens (tertiary/aromatic N) is 1. The number of ketones is 1. The monoisotopic (exact) mass is 616 g/mol. The molecule has 0 radical (unpaired) electrons. The summed E-state index contributed by atoms with van der Waals surface area (Å²) in [5.41, 5.74) is 2.67. The number of piperidine rings is 1. The first-order valence-electron chi connectivity index (χ1n) is 16.0. The maximum Gasteiger partial charge on any atom is 0.223 e. The van der Waals surface area contributed by atoms with Gasteiger partial charge in [-0.1, -0.05) is 60.7 Å². The minimum Gasteiger partial charge on any atom is -0.493 e. The molecule has 242 valence electrons. The van der Waals surface area contributed by atoms with Crippen molar-refractivity contribution >= 4 is 11.7 Å². The van der Waals surface area contributed by atoms with Crippen molar-refractivity contribution < 1.29 is 28.5 Å². The lowest BCUT2D eigenvalue weighted by Crippen LogP contribution is -2.45. The van der Waals surface area contributed by atoms with Crippen molar-refractivity contribution in [3.63, 3.8) is 0 Å². The van der Waals surface area contributed by atoms with Crippen molar-refractivity contribution in [3.8, 4) is 23.0 Å². The molecular formula is C37H48N2O6. The summed E-state index contributed by atoms with van der Waals surface area (Å²) < 4.78 is 21.8. The highest BCUT2D eigenvalue weighted by atomic mass is 16.5. The van der Waals surface area contributed by atoms with Crippen molar-refractivity contribution in [2.45, 2.75) is 57.4 Å². The van der Waals surface area contributed by atoms with Gasteiger partial charge in [-0.2, -0.15) is 0 Å².